The van der Waals surface area contributed by atoms with Gasteiger partial charge < -0.3 is 9.31 Å². The van der Waals surface area contributed by atoms with E-state index in [0.717, 1.165) is 6.42 Å². The Morgan fingerprint density at radius 3 is 2.57 bits per heavy atom. The number of benzene rings is 1. The fraction of sp³-hybridized carbons (Fsp3) is 0.545. The molecule has 1 aromatic heterocycles. The van der Waals surface area contributed by atoms with Crippen LogP contribution in [0.2, 0.25) is 0 Å². The molecule has 2 aromatic rings. The molecular formula is C22H26BN3O4. The number of hydrogen-bond acceptors (Lipinski definition) is 4. The van der Waals surface area contributed by atoms with Crippen LogP contribution in [0.25, 0.3) is 5.69 Å². The van der Waals surface area contributed by atoms with E-state index in [0.29, 0.717) is 24.1 Å². The van der Waals surface area contributed by atoms with Crippen molar-refractivity contribution in [1.82, 2.24) is 13.9 Å². The normalized spacial score (nSPS) is 35.6. The van der Waals surface area contributed by atoms with Gasteiger partial charge in [-0.2, -0.15) is 0 Å². The van der Waals surface area contributed by atoms with Gasteiger partial charge in [-0.05, 0) is 49.1 Å². The van der Waals surface area contributed by atoms with Crippen molar-refractivity contribution >= 4 is 7.12 Å². The first-order valence-corrected chi connectivity index (χ1v) is 10.8. The monoisotopic (exact) mass is 407 g/mol. The third-order valence-corrected chi connectivity index (χ3v) is 8.22. The standard InChI is InChI=1S/C22H26BN3O4/c1-21(2)14-12-16(21)22(3)17(13-14)29-23(30-22)18-10-7-11-24-19(27)25(20(28)26(18)24)15-8-5-4-6-9-15/h4-10,14,16-18H,11-13H2,1-3H3/t14?,16?,17-,18+,22+/m1/s1. The SMILES string of the molecule is CC1(C)C2CC1[C@]1(C)OB([C@@H]3C=CCn4c(=O)n(-c5ccccc5)c(=O)n43)O[C@@H]1C2. The van der Waals surface area contributed by atoms with E-state index < -0.39 is 13.1 Å². The zero-order valence-electron chi connectivity index (χ0n) is 17.5. The molecule has 30 heavy (non-hydrogen) atoms. The van der Waals surface area contributed by atoms with Crippen LogP contribution in [0.3, 0.4) is 0 Å². The predicted molar refractivity (Wildman–Crippen MR) is 113 cm³/mol. The molecule has 0 N–H and O–H groups in total. The van der Waals surface area contributed by atoms with Gasteiger partial charge in [-0.15, -0.1) is 0 Å². The van der Waals surface area contributed by atoms with Crippen molar-refractivity contribution in [1.29, 1.82) is 0 Å². The van der Waals surface area contributed by atoms with Crippen LogP contribution in [0.4, 0.5) is 0 Å². The largest absolute Gasteiger partial charge is 0.488 e. The number of nitrogens with zero attached hydrogens (tertiary/aromatic N) is 3. The van der Waals surface area contributed by atoms with Crippen molar-refractivity contribution in [3.05, 3.63) is 63.5 Å². The van der Waals surface area contributed by atoms with E-state index in [1.54, 1.807) is 12.1 Å². The Morgan fingerprint density at radius 1 is 1.07 bits per heavy atom. The number of allylic oxidation sites excluding steroid dienone is 2. The van der Waals surface area contributed by atoms with Gasteiger partial charge >= 0.3 is 18.5 Å². The van der Waals surface area contributed by atoms with E-state index in [9.17, 15) is 9.59 Å². The Kier molecular flexibility index (Phi) is 3.62. The zero-order chi connectivity index (χ0) is 20.8. The van der Waals surface area contributed by atoms with Crippen molar-refractivity contribution in [3.63, 3.8) is 0 Å². The third kappa shape index (κ3) is 2.18. The summed E-state index contributed by atoms with van der Waals surface area (Å²) in [5.74, 6) is 0.635. The minimum absolute atomic E-state index is 0.0293. The topological polar surface area (TPSA) is 67.4 Å². The summed E-state index contributed by atoms with van der Waals surface area (Å²) < 4.78 is 17.2. The number of rotatable bonds is 2. The van der Waals surface area contributed by atoms with E-state index in [1.807, 2.05) is 30.4 Å². The van der Waals surface area contributed by atoms with E-state index in [1.165, 1.54) is 20.4 Å². The summed E-state index contributed by atoms with van der Waals surface area (Å²) in [5, 5.41) is 0. The molecule has 7 nitrogen and oxygen atoms in total. The second-order valence-electron chi connectivity index (χ2n) is 9.92. The van der Waals surface area contributed by atoms with Crippen molar-refractivity contribution in [2.45, 2.75) is 57.8 Å². The van der Waals surface area contributed by atoms with Crippen LogP contribution in [-0.2, 0) is 15.9 Å². The lowest BCUT2D eigenvalue weighted by molar-refractivity contribution is -0.199. The average molecular weight is 407 g/mol. The molecular weight excluding hydrogens is 381 g/mol. The second-order valence-corrected chi connectivity index (χ2v) is 9.92. The molecule has 4 fully saturated rings. The Balaban J connectivity index is 1.40. The fourth-order valence-corrected chi connectivity index (χ4v) is 6.38. The molecule has 0 radical (unpaired) electrons. The van der Waals surface area contributed by atoms with Gasteiger partial charge in [0.25, 0.3) is 0 Å². The minimum Gasteiger partial charge on any atom is -0.404 e. The smallest absolute Gasteiger partial charge is 0.404 e. The highest BCUT2D eigenvalue weighted by Crippen LogP contribution is 2.66. The van der Waals surface area contributed by atoms with E-state index in [-0.39, 0.29) is 28.5 Å². The lowest BCUT2D eigenvalue weighted by Gasteiger charge is -2.64. The quantitative estimate of drug-likeness (QED) is 0.566. The van der Waals surface area contributed by atoms with Gasteiger partial charge in [-0.25, -0.2) is 23.5 Å². The number of aromatic nitrogens is 3. The van der Waals surface area contributed by atoms with Crippen LogP contribution in [0.15, 0.2) is 52.1 Å². The third-order valence-electron chi connectivity index (χ3n) is 8.22. The van der Waals surface area contributed by atoms with Gasteiger partial charge in [0, 0.05) is 0 Å². The molecule has 0 amide bonds. The molecule has 3 aliphatic carbocycles. The Morgan fingerprint density at radius 2 is 1.83 bits per heavy atom. The molecule has 3 saturated carbocycles. The average Bonchev–Trinajstić information content (AvgIpc) is 3.22. The van der Waals surface area contributed by atoms with E-state index >= 15 is 0 Å². The molecule has 2 bridgehead atoms. The van der Waals surface area contributed by atoms with E-state index in [2.05, 4.69) is 20.8 Å². The highest BCUT2D eigenvalue weighted by Gasteiger charge is 2.68. The molecule has 1 aromatic carbocycles. The first-order valence-electron chi connectivity index (χ1n) is 10.8. The van der Waals surface area contributed by atoms with E-state index in [4.69, 9.17) is 9.31 Å². The minimum atomic E-state index is -0.582. The number of para-hydroxylation sites is 1. The second kappa shape index (κ2) is 5.89. The van der Waals surface area contributed by atoms with Gasteiger partial charge in [-0.1, -0.05) is 44.2 Å². The Labute approximate surface area is 175 Å². The molecule has 7 rings (SSSR count). The molecule has 1 saturated heterocycles. The molecule has 156 valence electrons. The van der Waals surface area contributed by atoms with Crippen molar-refractivity contribution in [2.75, 3.05) is 0 Å². The van der Waals surface area contributed by atoms with Crippen molar-refractivity contribution < 1.29 is 9.31 Å². The Bertz CT molecular complexity index is 1160. The van der Waals surface area contributed by atoms with Crippen LogP contribution in [0.5, 0.6) is 0 Å². The van der Waals surface area contributed by atoms with Gasteiger partial charge in [0.05, 0.1) is 23.9 Å². The van der Waals surface area contributed by atoms with Crippen molar-refractivity contribution in [3.8, 4) is 5.69 Å². The molecule has 5 atom stereocenters. The van der Waals surface area contributed by atoms with Crippen LogP contribution >= 0.6 is 0 Å². The Hall–Kier alpha value is -2.32. The highest BCUT2D eigenvalue weighted by atomic mass is 16.7. The predicted octanol–water partition coefficient (Wildman–Crippen LogP) is 2.18. The summed E-state index contributed by atoms with van der Waals surface area (Å²) in [5.41, 5.74) is -0.244. The maximum absolute atomic E-state index is 13.3. The molecule has 2 aliphatic heterocycles. The fourth-order valence-electron chi connectivity index (χ4n) is 6.38. The van der Waals surface area contributed by atoms with Gasteiger partial charge in [0.15, 0.2) is 0 Å². The first kappa shape index (κ1) is 18.5. The summed E-state index contributed by atoms with van der Waals surface area (Å²) >= 11 is 0. The highest BCUT2D eigenvalue weighted by molar-refractivity contribution is 6.47. The molecule has 0 spiro atoms. The van der Waals surface area contributed by atoms with Crippen LogP contribution < -0.4 is 11.4 Å². The van der Waals surface area contributed by atoms with Crippen LogP contribution in [0, 0.1) is 17.3 Å². The van der Waals surface area contributed by atoms with Gasteiger partial charge in [0.1, 0.15) is 5.94 Å². The summed E-state index contributed by atoms with van der Waals surface area (Å²) in [6.07, 6.45) is 6.05. The number of fused-ring (bicyclic) bond motifs is 1. The van der Waals surface area contributed by atoms with Gasteiger partial charge in [0.2, 0.25) is 0 Å². The van der Waals surface area contributed by atoms with Crippen LogP contribution in [-0.4, -0.2) is 32.8 Å². The van der Waals surface area contributed by atoms with Gasteiger partial charge in [-0.3, -0.25) is 0 Å². The summed E-state index contributed by atoms with van der Waals surface area (Å²) in [4.78, 5) is 26.4. The summed E-state index contributed by atoms with van der Waals surface area (Å²) in [7, 11) is -0.582. The first-order chi connectivity index (χ1) is 14.3. The van der Waals surface area contributed by atoms with Crippen LogP contribution in [0.1, 0.15) is 39.6 Å². The molecule has 8 heteroatoms. The number of hydrogen-bond donors (Lipinski definition) is 0. The molecule has 5 aliphatic rings. The molecule has 2 unspecified atom stereocenters. The maximum Gasteiger partial charge on any atom is 0.488 e. The summed E-state index contributed by atoms with van der Waals surface area (Å²) in [6, 6.07) is 9.04. The maximum atomic E-state index is 13.3. The van der Waals surface area contributed by atoms with Crippen molar-refractivity contribution in [2.24, 2.45) is 17.3 Å². The lowest BCUT2D eigenvalue weighted by atomic mass is 9.43. The summed E-state index contributed by atoms with van der Waals surface area (Å²) in [6.45, 7) is 7.17. The zero-order valence-corrected chi connectivity index (χ0v) is 17.5. The molecule has 3 heterocycles. The lowest BCUT2D eigenvalue weighted by Crippen LogP contribution is -2.65.